The van der Waals surface area contributed by atoms with E-state index in [4.69, 9.17) is 0 Å². The standard InChI is InChI=1S/C10H13Br2NOS/c11-7-5-8(15-10(7)12)9(14)6-1-3-13-4-2-6/h5-6,9,13-14H,1-4H2. The maximum absolute atomic E-state index is 10.2. The minimum Gasteiger partial charge on any atom is -0.387 e. The zero-order valence-corrected chi connectivity index (χ0v) is 12.2. The van der Waals surface area contributed by atoms with E-state index >= 15 is 0 Å². The Labute approximate surface area is 110 Å². The molecule has 0 radical (unpaired) electrons. The molecule has 1 unspecified atom stereocenters. The molecule has 1 aromatic heterocycles. The molecule has 0 bridgehead atoms. The number of aliphatic hydroxyl groups excluding tert-OH is 1. The predicted molar refractivity (Wildman–Crippen MR) is 70.3 cm³/mol. The predicted octanol–water partition coefficient (Wildman–Crippen LogP) is 3.31. The SMILES string of the molecule is OC(c1cc(Br)c(Br)s1)C1CCNCC1. The van der Waals surface area contributed by atoms with Crippen LogP contribution in [0.25, 0.3) is 0 Å². The number of rotatable bonds is 2. The Morgan fingerprint density at radius 3 is 2.60 bits per heavy atom. The summed E-state index contributed by atoms with van der Waals surface area (Å²) in [4.78, 5) is 1.06. The first-order chi connectivity index (χ1) is 7.18. The highest BCUT2D eigenvalue weighted by Gasteiger charge is 2.24. The van der Waals surface area contributed by atoms with Gasteiger partial charge in [0.2, 0.25) is 0 Å². The quantitative estimate of drug-likeness (QED) is 0.853. The summed E-state index contributed by atoms with van der Waals surface area (Å²) >= 11 is 8.52. The van der Waals surface area contributed by atoms with Gasteiger partial charge in [-0.05, 0) is 69.8 Å². The fourth-order valence-corrected chi connectivity index (χ4v) is 4.07. The summed E-state index contributed by atoms with van der Waals surface area (Å²) in [6.07, 6.45) is 1.82. The summed E-state index contributed by atoms with van der Waals surface area (Å²) in [5.74, 6) is 0.406. The van der Waals surface area contributed by atoms with Crippen molar-refractivity contribution in [2.24, 2.45) is 5.92 Å². The van der Waals surface area contributed by atoms with Crippen LogP contribution >= 0.6 is 43.2 Å². The van der Waals surface area contributed by atoms with Gasteiger partial charge in [-0.2, -0.15) is 0 Å². The average Bonchev–Trinajstić information content (AvgIpc) is 2.59. The van der Waals surface area contributed by atoms with Crippen LogP contribution in [-0.2, 0) is 0 Å². The van der Waals surface area contributed by atoms with Crippen LogP contribution in [0.5, 0.6) is 0 Å². The lowest BCUT2D eigenvalue weighted by Gasteiger charge is -2.26. The Morgan fingerprint density at radius 2 is 2.07 bits per heavy atom. The van der Waals surface area contributed by atoms with Crippen molar-refractivity contribution in [3.8, 4) is 0 Å². The molecule has 5 heteroatoms. The van der Waals surface area contributed by atoms with Gasteiger partial charge in [-0.15, -0.1) is 11.3 Å². The van der Waals surface area contributed by atoms with Crippen molar-refractivity contribution >= 4 is 43.2 Å². The lowest BCUT2D eigenvalue weighted by molar-refractivity contribution is 0.0920. The average molecular weight is 355 g/mol. The Balaban J connectivity index is 2.08. The van der Waals surface area contributed by atoms with Gasteiger partial charge in [0, 0.05) is 9.35 Å². The van der Waals surface area contributed by atoms with E-state index in [9.17, 15) is 5.11 Å². The molecule has 0 spiro atoms. The molecular weight excluding hydrogens is 342 g/mol. The summed E-state index contributed by atoms with van der Waals surface area (Å²) in [5.41, 5.74) is 0. The van der Waals surface area contributed by atoms with E-state index in [1.807, 2.05) is 6.07 Å². The molecule has 2 N–H and O–H groups in total. The molecule has 0 aliphatic carbocycles. The molecule has 84 valence electrons. The molecule has 1 aliphatic heterocycles. The van der Waals surface area contributed by atoms with Crippen LogP contribution in [0.15, 0.2) is 14.3 Å². The van der Waals surface area contributed by atoms with Crippen molar-refractivity contribution in [2.75, 3.05) is 13.1 Å². The number of halogens is 2. The van der Waals surface area contributed by atoms with Crippen molar-refractivity contribution in [3.05, 3.63) is 19.2 Å². The molecule has 0 aromatic carbocycles. The molecule has 1 fully saturated rings. The minimum absolute atomic E-state index is 0.306. The van der Waals surface area contributed by atoms with Gasteiger partial charge in [0.1, 0.15) is 0 Å². The molecule has 2 nitrogen and oxygen atoms in total. The third-order valence-corrected chi connectivity index (χ3v) is 6.11. The van der Waals surface area contributed by atoms with Crippen LogP contribution in [0.2, 0.25) is 0 Å². The topological polar surface area (TPSA) is 32.3 Å². The molecule has 1 aromatic rings. The second-order valence-electron chi connectivity index (χ2n) is 3.80. The van der Waals surface area contributed by atoms with Crippen molar-refractivity contribution in [1.29, 1.82) is 0 Å². The Morgan fingerprint density at radius 1 is 1.40 bits per heavy atom. The summed E-state index contributed by atoms with van der Waals surface area (Å²) in [5, 5.41) is 13.5. The van der Waals surface area contributed by atoms with Crippen LogP contribution < -0.4 is 5.32 Å². The zero-order valence-electron chi connectivity index (χ0n) is 8.17. The van der Waals surface area contributed by atoms with Crippen molar-refractivity contribution in [1.82, 2.24) is 5.32 Å². The highest BCUT2D eigenvalue weighted by molar-refractivity contribution is 9.13. The first kappa shape index (κ1) is 12.0. The molecule has 1 saturated heterocycles. The number of thiophene rings is 1. The molecule has 0 saturated carbocycles. The first-order valence-electron chi connectivity index (χ1n) is 5.02. The van der Waals surface area contributed by atoms with Gasteiger partial charge in [-0.3, -0.25) is 0 Å². The van der Waals surface area contributed by atoms with Crippen LogP contribution in [0, 0.1) is 5.92 Å². The van der Waals surface area contributed by atoms with Crippen molar-refractivity contribution < 1.29 is 5.11 Å². The van der Waals surface area contributed by atoms with Gasteiger partial charge >= 0.3 is 0 Å². The molecular formula is C10H13Br2NOS. The first-order valence-corrected chi connectivity index (χ1v) is 7.42. The Hall–Kier alpha value is 0.580. The van der Waals surface area contributed by atoms with E-state index < -0.39 is 0 Å². The number of hydrogen-bond acceptors (Lipinski definition) is 3. The van der Waals surface area contributed by atoms with Gasteiger partial charge in [-0.25, -0.2) is 0 Å². The molecule has 1 atom stereocenters. The van der Waals surface area contributed by atoms with Crippen LogP contribution in [-0.4, -0.2) is 18.2 Å². The largest absolute Gasteiger partial charge is 0.387 e. The van der Waals surface area contributed by atoms with E-state index in [1.165, 1.54) is 0 Å². The van der Waals surface area contributed by atoms with E-state index in [-0.39, 0.29) is 6.10 Å². The Kier molecular flexibility index (Phi) is 4.24. The van der Waals surface area contributed by atoms with E-state index in [0.29, 0.717) is 5.92 Å². The zero-order chi connectivity index (χ0) is 10.8. The maximum atomic E-state index is 10.2. The third kappa shape index (κ3) is 2.82. The van der Waals surface area contributed by atoms with E-state index in [0.717, 1.165) is 39.1 Å². The van der Waals surface area contributed by atoms with Crippen LogP contribution in [0.4, 0.5) is 0 Å². The number of aliphatic hydroxyl groups is 1. The minimum atomic E-state index is -0.306. The number of piperidine rings is 1. The third-order valence-electron chi connectivity index (χ3n) is 2.79. The second-order valence-corrected chi connectivity index (χ2v) is 7.06. The maximum Gasteiger partial charge on any atom is 0.0911 e. The molecule has 2 heterocycles. The van der Waals surface area contributed by atoms with Gasteiger partial charge in [0.05, 0.1) is 9.89 Å². The van der Waals surface area contributed by atoms with Gasteiger partial charge in [0.15, 0.2) is 0 Å². The van der Waals surface area contributed by atoms with Gasteiger partial charge in [-0.1, -0.05) is 0 Å². The molecule has 15 heavy (non-hydrogen) atoms. The number of hydrogen-bond donors (Lipinski definition) is 2. The normalized spacial score (nSPS) is 20.5. The van der Waals surface area contributed by atoms with Crippen molar-refractivity contribution in [2.45, 2.75) is 18.9 Å². The summed E-state index contributed by atoms with van der Waals surface area (Å²) in [6.45, 7) is 2.05. The lowest BCUT2D eigenvalue weighted by Crippen LogP contribution is -2.30. The monoisotopic (exact) mass is 353 g/mol. The fourth-order valence-electron chi connectivity index (χ4n) is 1.90. The summed E-state index contributed by atoms with van der Waals surface area (Å²) in [7, 11) is 0. The number of nitrogens with one attached hydrogen (secondary N) is 1. The molecule has 1 aliphatic rings. The highest BCUT2D eigenvalue weighted by atomic mass is 79.9. The Bertz CT molecular complexity index is 317. The lowest BCUT2D eigenvalue weighted by atomic mass is 9.91. The van der Waals surface area contributed by atoms with Crippen molar-refractivity contribution in [3.63, 3.8) is 0 Å². The van der Waals surface area contributed by atoms with Gasteiger partial charge in [0.25, 0.3) is 0 Å². The second kappa shape index (κ2) is 5.27. The smallest absolute Gasteiger partial charge is 0.0911 e. The summed E-state index contributed by atoms with van der Waals surface area (Å²) < 4.78 is 2.10. The highest BCUT2D eigenvalue weighted by Crippen LogP contribution is 2.39. The van der Waals surface area contributed by atoms with Crippen LogP contribution in [0.3, 0.4) is 0 Å². The van der Waals surface area contributed by atoms with Gasteiger partial charge < -0.3 is 10.4 Å². The van der Waals surface area contributed by atoms with E-state index in [1.54, 1.807) is 11.3 Å². The van der Waals surface area contributed by atoms with E-state index in [2.05, 4.69) is 37.2 Å². The molecule has 2 rings (SSSR count). The fraction of sp³-hybridized carbons (Fsp3) is 0.600. The summed E-state index contributed by atoms with van der Waals surface area (Å²) in [6, 6.07) is 2.02. The molecule has 0 amide bonds. The van der Waals surface area contributed by atoms with Crippen LogP contribution in [0.1, 0.15) is 23.8 Å².